The minimum absolute atomic E-state index is 0.0636. The highest BCUT2D eigenvalue weighted by atomic mass is 19.1. The second-order valence-corrected chi connectivity index (χ2v) is 4.31. The molecule has 4 nitrogen and oxygen atoms in total. The van der Waals surface area contributed by atoms with E-state index in [0.717, 1.165) is 12.1 Å². The number of rotatable bonds is 4. The van der Waals surface area contributed by atoms with E-state index in [1.807, 2.05) is 0 Å². The number of hydrogen-bond acceptors (Lipinski definition) is 3. The lowest BCUT2D eigenvalue weighted by Crippen LogP contribution is -2.41. The van der Waals surface area contributed by atoms with Gasteiger partial charge in [0.1, 0.15) is 5.82 Å². The van der Waals surface area contributed by atoms with Crippen LogP contribution in [0.15, 0.2) is 24.3 Å². The third-order valence-corrected chi connectivity index (χ3v) is 2.80. The fourth-order valence-corrected chi connectivity index (χ4v) is 1.88. The average molecular weight is 252 g/mol. The maximum absolute atomic E-state index is 12.9. The zero-order valence-electron chi connectivity index (χ0n) is 10.1. The van der Waals surface area contributed by atoms with Gasteiger partial charge >= 0.3 is 0 Å². The molecule has 1 aromatic carbocycles. The van der Waals surface area contributed by atoms with Gasteiger partial charge in [-0.05, 0) is 17.7 Å². The predicted octanol–water partition coefficient (Wildman–Crippen LogP) is 0.820. The normalized spacial score (nSPS) is 19.5. The first-order valence-electron chi connectivity index (χ1n) is 6.07. The first-order chi connectivity index (χ1) is 8.74. The van der Waals surface area contributed by atoms with Crippen molar-refractivity contribution >= 4 is 5.91 Å². The van der Waals surface area contributed by atoms with E-state index in [1.165, 1.54) is 12.1 Å². The number of hydrogen-bond donors (Lipinski definition) is 2. The molecule has 0 saturated carbocycles. The molecule has 0 unspecified atom stereocenters. The summed E-state index contributed by atoms with van der Waals surface area (Å²) in [6.07, 6.45) is 0.272. The number of morpholine rings is 1. The number of nitrogens with one attached hydrogen (secondary N) is 2. The van der Waals surface area contributed by atoms with Crippen molar-refractivity contribution in [3.63, 3.8) is 0 Å². The Kier molecular flexibility index (Phi) is 4.66. The van der Waals surface area contributed by atoms with Gasteiger partial charge in [0.05, 0.1) is 19.1 Å². The number of benzene rings is 1. The van der Waals surface area contributed by atoms with Crippen LogP contribution in [0.5, 0.6) is 0 Å². The van der Waals surface area contributed by atoms with E-state index < -0.39 is 0 Å². The van der Waals surface area contributed by atoms with Gasteiger partial charge in [0.2, 0.25) is 5.91 Å². The molecular weight excluding hydrogens is 235 g/mol. The monoisotopic (exact) mass is 252 g/mol. The molecule has 0 aliphatic carbocycles. The van der Waals surface area contributed by atoms with Crippen LogP contribution in [0.25, 0.3) is 0 Å². The SMILES string of the molecule is O=C(C[C@H]1CNCCO1)NCc1cccc(F)c1. The number of halogens is 1. The first kappa shape index (κ1) is 13.0. The van der Waals surface area contributed by atoms with Gasteiger partial charge in [0.15, 0.2) is 0 Å². The standard InChI is InChI=1S/C13H17FN2O2/c14-11-3-1-2-10(6-11)8-16-13(17)7-12-9-15-4-5-18-12/h1-3,6,12,15H,4-5,7-9H2,(H,16,17)/t12-/m0/s1. The Labute approximate surface area is 106 Å². The Bertz CT molecular complexity index is 406. The summed E-state index contributed by atoms with van der Waals surface area (Å²) in [6, 6.07) is 6.21. The lowest BCUT2D eigenvalue weighted by molar-refractivity contribution is -0.124. The van der Waals surface area contributed by atoms with E-state index in [-0.39, 0.29) is 17.8 Å². The molecule has 0 spiro atoms. The Balaban J connectivity index is 1.74. The van der Waals surface area contributed by atoms with Crippen molar-refractivity contribution in [1.29, 1.82) is 0 Å². The molecule has 1 saturated heterocycles. The van der Waals surface area contributed by atoms with Crippen molar-refractivity contribution in [3.8, 4) is 0 Å². The minimum Gasteiger partial charge on any atom is -0.375 e. The van der Waals surface area contributed by atoms with Crippen LogP contribution in [-0.2, 0) is 16.1 Å². The molecule has 1 heterocycles. The summed E-state index contributed by atoms with van der Waals surface area (Å²) in [7, 11) is 0. The topological polar surface area (TPSA) is 50.4 Å². The van der Waals surface area contributed by atoms with Crippen molar-refractivity contribution in [2.45, 2.75) is 19.1 Å². The van der Waals surface area contributed by atoms with Crippen molar-refractivity contribution in [1.82, 2.24) is 10.6 Å². The molecule has 1 amide bonds. The molecule has 1 aromatic rings. The van der Waals surface area contributed by atoms with Gasteiger partial charge in [0, 0.05) is 19.6 Å². The highest BCUT2D eigenvalue weighted by Crippen LogP contribution is 2.04. The van der Waals surface area contributed by atoms with E-state index in [2.05, 4.69) is 10.6 Å². The third-order valence-electron chi connectivity index (χ3n) is 2.80. The Hall–Kier alpha value is -1.46. The van der Waals surface area contributed by atoms with E-state index >= 15 is 0 Å². The number of carbonyl (C=O) groups is 1. The van der Waals surface area contributed by atoms with Gasteiger partial charge in [-0.25, -0.2) is 4.39 Å². The Morgan fingerprint density at radius 3 is 3.17 bits per heavy atom. The van der Waals surface area contributed by atoms with E-state index in [4.69, 9.17) is 4.74 Å². The zero-order chi connectivity index (χ0) is 12.8. The molecule has 2 rings (SSSR count). The highest BCUT2D eigenvalue weighted by Gasteiger charge is 2.16. The smallest absolute Gasteiger partial charge is 0.222 e. The van der Waals surface area contributed by atoms with Crippen molar-refractivity contribution in [2.24, 2.45) is 0 Å². The highest BCUT2D eigenvalue weighted by molar-refractivity contribution is 5.76. The molecule has 18 heavy (non-hydrogen) atoms. The maximum Gasteiger partial charge on any atom is 0.222 e. The minimum atomic E-state index is -0.290. The van der Waals surface area contributed by atoms with E-state index in [9.17, 15) is 9.18 Å². The largest absolute Gasteiger partial charge is 0.375 e. The van der Waals surface area contributed by atoms with Crippen LogP contribution in [0.1, 0.15) is 12.0 Å². The predicted molar refractivity (Wildman–Crippen MR) is 65.5 cm³/mol. The second kappa shape index (κ2) is 6.47. The second-order valence-electron chi connectivity index (χ2n) is 4.31. The summed E-state index contributed by atoms with van der Waals surface area (Å²) in [5, 5.41) is 5.93. The molecule has 98 valence electrons. The summed E-state index contributed by atoms with van der Waals surface area (Å²) in [4.78, 5) is 11.7. The summed E-state index contributed by atoms with van der Waals surface area (Å²) in [5.74, 6) is -0.366. The fourth-order valence-electron chi connectivity index (χ4n) is 1.88. The summed E-state index contributed by atoms with van der Waals surface area (Å²) >= 11 is 0. The molecule has 2 N–H and O–H groups in total. The van der Waals surface area contributed by atoms with Gasteiger partial charge in [-0.15, -0.1) is 0 Å². The quantitative estimate of drug-likeness (QED) is 0.834. The number of carbonyl (C=O) groups excluding carboxylic acids is 1. The molecule has 0 radical (unpaired) electrons. The van der Waals surface area contributed by atoms with Crippen LogP contribution in [0.4, 0.5) is 4.39 Å². The van der Waals surface area contributed by atoms with Gasteiger partial charge < -0.3 is 15.4 Å². The molecule has 0 bridgehead atoms. The zero-order valence-corrected chi connectivity index (χ0v) is 10.1. The van der Waals surface area contributed by atoms with Gasteiger partial charge in [-0.1, -0.05) is 12.1 Å². The first-order valence-corrected chi connectivity index (χ1v) is 6.07. The number of amides is 1. The van der Waals surface area contributed by atoms with Crippen LogP contribution < -0.4 is 10.6 Å². The molecule has 1 atom stereocenters. The van der Waals surface area contributed by atoms with Crippen molar-refractivity contribution < 1.29 is 13.9 Å². The Morgan fingerprint density at radius 2 is 2.44 bits per heavy atom. The fraction of sp³-hybridized carbons (Fsp3) is 0.462. The van der Waals surface area contributed by atoms with Crippen molar-refractivity contribution in [3.05, 3.63) is 35.6 Å². The van der Waals surface area contributed by atoms with Crippen LogP contribution in [0.3, 0.4) is 0 Å². The number of ether oxygens (including phenoxy) is 1. The van der Waals surface area contributed by atoms with Gasteiger partial charge in [-0.3, -0.25) is 4.79 Å². The van der Waals surface area contributed by atoms with Crippen LogP contribution in [0.2, 0.25) is 0 Å². The molecule has 1 aliphatic rings. The molecular formula is C13H17FN2O2. The van der Waals surface area contributed by atoms with E-state index in [0.29, 0.717) is 26.1 Å². The third kappa shape index (κ3) is 4.09. The molecule has 1 aliphatic heterocycles. The van der Waals surface area contributed by atoms with Crippen LogP contribution in [-0.4, -0.2) is 31.7 Å². The summed E-state index contributed by atoms with van der Waals surface area (Å²) in [5.41, 5.74) is 0.756. The van der Waals surface area contributed by atoms with Gasteiger partial charge in [0.25, 0.3) is 0 Å². The van der Waals surface area contributed by atoms with E-state index in [1.54, 1.807) is 12.1 Å². The Morgan fingerprint density at radius 1 is 1.56 bits per heavy atom. The maximum atomic E-state index is 12.9. The average Bonchev–Trinajstić information content (AvgIpc) is 2.38. The van der Waals surface area contributed by atoms with Gasteiger partial charge in [-0.2, -0.15) is 0 Å². The van der Waals surface area contributed by atoms with Crippen LogP contribution >= 0.6 is 0 Å². The lowest BCUT2D eigenvalue weighted by atomic mass is 10.2. The lowest BCUT2D eigenvalue weighted by Gasteiger charge is -2.23. The molecule has 1 fully saturated rings. The van der Waals surface area contributed by atoms with Crippen molar-refractivity contribution in [2.75, 3.05) is 19.7 Å². The van der Waals surface area contributed by atoms with Crippen LogP contribution in [0, 0.1) is 5.82 Å². The summed E-state index contributed by atoms with van der Waals surface area (Å²) < 4.78 is 18.4. The molecule has 5 heteroatoms. The molecule has 0 aromatic heterocycles. The summed E-state index contributed by atoms with van der Waals surface area (Å²) in [6.45, 7) is 2.52.